The zero-order chi connectivity index (χ0) is 20.4. The van der Waals surface area contributed by atoms with Crippen LogP contribution in [0.5, 0.6) is 0 Å². The van der Waals surface area contributed by atoms with Crippen molar-refractivity contribution in [2.45, 2.75) is 74.4 Å². The van der Waals surface area contributed by atoms with Crippen LogP contribution < -0.4 is 0 Å². The number of amides is 1. The van der Waals surface area contributed by atoms with Crippen molar-refractivity contribution in [2.75, 3.05) is 0 Å². The summed E-state index contributed by atoms with van der Waals surface area (Å²) in [5.41, 5.74) is 2.42. The normalized spacial score (nSPS) is 13.8. The Labute approximate surface area is 162 Å². The summed E-state index contributed by atoms with van der Waals surface area (Å²) in [5, 5.41) is 0. The van der Waals surface area contributed by atoms with E-state index < -0.39 is 0 Å². The Morgan fingerprint density at radius 1 is 0.731 bits per heavy atom. The number of carbonyl (C=O) groups is 1. The highest BCUT2D eigenvalue weighted by atomic mass is 16.2. The van der Waals surface area contributed by atoms with Crippen molar-refractivity contribution in [3.8, 4) is 0 Å². The van der Waals surface area contributed by atoms with E-state index in [-0.39, 0.29) is 11.9 Å². The SMILES string of the molecule is CC.CC.CC.CC.O=C1CC(c2ccccc2)N1Cc1ccccc1. The molecule has 146 valence electrons. The highest BCUT2D eigenvalue weighted by Crippen LogP contribution is 2.35. The number of β-lactam (4-membered cyclic amide) rings is 1. The highest BCUT2D eigenvalue weighted by molar-refractivity contribution is 5.83. The molecule has 3 rings (SSSR count). The lowest BCUT2D eigenvalue weighted by Crippen LogP contribution is -2.45. The maximum atomic E-state index is 11.7. The molecule has 0 aromatic heterocycles. The fourth-order valence-electron chi connectivity index (χ4n) is 2.41. The van der Waals surface area contributed by atoms with Crippen LogP contribution in [0.1, 0.15) is 79.0 Å². The monoisotopic (exact) mass is 357 g/mol. The molecule has 2 nitrogen and oxygen atoms in total. The van der Waals surface area contributed by atoms with E-state index in [0.29, 0.717) is 13.0 Å². The van der Waals surface area contributed by atoms with E-state index in [1.165, 1.54) is 11.1 Å². The number of benzene rings is 2. The molecule has 1 aliphatic heterocycles. The van der Waals surface area contributed by atoms with Crippen LogP contribution in [0.2, 0.25) is 0 Å². The topological polar surface area (TPSA) is 20.3 Å². The van der Waals surface area contributed by atoms with Gasteiger partial charge in [-0.05, 0) is 11.1 Å². The third-order valence-corrected chi connectivity index (χ3v) is 3.44. The molecule has 0 spiro atoms. The predicted molar refractivity (Wildman–Crippen MR) is 116 cm³/mol. The number of rotatable bonds is 3. The highest BCUT2D eigenvalue weighted by Gasteiger charge is 2.36. The van der Waals surface area contributed by atoms with Gasteiger partial charge in [0.25, 0.3) is 0 Å². The fraction of sp³-hybridized carbons (Fsp3) is 0.458. The zero-order valence-corrected chi connectivity index (χ0v) is 18.1. The first-order valence-electron chi connectivity index (χ1n) is 10.2. The number of nitrogens with zero attached hydrogens (tertiary/aromatic N) is 1. The minimum atomic E-state index is 0.243. The first kappa shape index (κ1) is 26.1. The van der Waals surface area contributed by atoms with E-state index in [0.717, 1.165) is 0 Å². The summed E-state index contributed by atoms with van der Waals surface area (Å²) in [6, 6.07) is 20.6. The van der Waals surface area contributed by atoms with E-state index in [4.69, 9.17) is 0 Å². The molecule has 0 saturated carbocycles. The summed E-state index contributed by atoms with van der Waals surface area (Å²) >= 11 is 0. The lowest BCUT2D eigenvalue weighted by atomic mass is 9.93. The molecule has 1 unspecified atom stereocenters. The first-order valence-corrected chi connectivity index (χ1v) is 10.2. The quantitative estimate of drug-likeness (QED) is 0.529. The molecule has 2 aromatic carbocycles. The van der Waals surface area contributed by atoms with Crippen molar-refractivity contribution in [2.24, 2.45) is 0 Å². The van der Waals surface area contributed by atoms with Gasteiger partial charge in [-0.15, -0.1) is 0 Å². The van der Waals surface area contributed by atoms with E-state index in [2.05, 4.69) is 24.3 Å². The molecular formula is C24H39NO. The van der Waals surface area contributed by atoms with Gasteiger partial charge in [-0.2, -0.15) is 0 Å². The Hall–Kier alpha value is -2.09. The molecule has 2 aromatic rings. The van der Waals surface area contributed by atoms with Crippen molar-refractivity contribution in [3.05, 3.63) is 71.8 Å². The van der Waals surface area contributed by atoms with Crippen LogP contribution in [-0.4, -0.2) is 10.8 Å². The van der Waals surface area contributed by atoms with Crippen LogP contribution >= 0.6 is 0 Å². The summed E-state index contributed by atoms with van der Waals surface area (Å²) in [6.45, 7) is 16.7. The van der Waals surface area contributed by atoms with E-state index in [9.17, 15) is 4.79 Å². The fourth-order valence-corrected chi connectivity index (χ4v) is 2.41. The summed E-state index contributed by atoms with van der Waals surface area (Å²) in [5.74, 6) is 0.243. The van der Waals surface area contributed by atoms with Crippen LogP contribution in [-0.2, 0) is 11.3 Å². The lowest BCUT2D eigenvalue weighted by molar-refractivity contribution is -0.147. The van der Waals surface area contributed by atoms with Gasteiger partial charge in [0.05, 0.1) is 12.5 Å². The summed E-state index contributed by atoms with van der Waals surface area (Å²) in [7, 11) is 0. The summed E-state index contributed by atoms with van der Waals surface area (Å²) in [4.78, 5) is 13.7. The smallest absolute Gasteiger partial charge is 0.225 e. The Morgan fingerprint density at radius 2 is 1.15 bits per heavy atom. The molecule has 1 saturated heterocycles. The molecule has 26 heavy (non-hydrogen) atoms. The van der Waals surface area contributed by atoms with Crippen LogP contribution in [0.4, 0.5) is 0 Å². The number of likely N-dealkylation sites (tertiary alicyclic amines) is 1. The second kappa shape index (κ2) is 17.7. The molecule has 1 amide bonds. The van der Waals surface area contributed by atoms with E-state index >= 15 is 0 Å². The van der Waals surface area contributed by atoms with Crippen molar-refractivity contribution in [1.29, 1.82) is 0 Å². The van der Waals surface area contributed by atoms with Gasteiger partial charge in [-0.1, -0.05) is 116 Å². The molecule has 2 heteroatoms. The van der Waals surface area contributed by atoms with Crippen LogP contribution in [0, 0.1) is 0 Å². The van der Waals surface area contributed by atoms with Gasteiger partial charge in [-0.3, -0.25) is 4.79 Å². The Morgan fingerprint density at radius 3 is 1.58 bits per heavy atom. The minimum absolute atomic E-state index is 0.243. The van der Waals surface area contributed by atoms with Crippen LogP contribution in [0.3, 0.4) is 0 Å². The average Bonchev–Trinajstić information content (AvgIpc) is 2.77. The number of hydrogen-bond acceptors (Lipinski definition) is 1. The second-order valence-corrected chi connectivity index (χ2v) is 4.64. The summed E-state index contributed by atoms with van der Waals surface area (Å²) < 4.78 is 0. The Bertz CT molecular complexity index is 537. The maximum Gasteiger partial charge on any atom is 0.225 e. The largest absolute Gasteiger partial charge is 0.331 e. The molecule has 0 bridgehead atoms. The van der Waals surface area contributed by atoms with Crippen molar-refractivity contribution in [3.63, 3.8) is 0 Å². The van der Waals surface area contributed by atoms with E-state index in [1.807, 2.05) is 96.7 Å². The number of carbonyl (C=O) groups excluding carboxylic acids is 1. The maximum absolute atomic E-state index is 11.7. The molecule has 1 aliphatic rings. The molecule has 0 aliphatic carbocycles. The minimum Gasteiger partial charge on any atom is -0.331 e. The summed E-state index contributed by atoms with van der Waals surface area (Å²) in [6.07, 6.45) is 0.636. The third-order valence-electron chi connectivity index (χ3n) is 3.44. The Balaban J connectivity index is 0. The zero-order valence-electron chi connectivity index (χ0n) is 18.1. The molecule has 1 atom stereocenters. The lowest BCUT2D eigenvalue weighted by Gasteiger charge is -2.41. The molecule has 1 heterocycles. The van der Waals surface area contributed by atoms with Crippen molar-refractivity contribution >= 4 is 5.91 Å². The predicted octanol–water partition coefficient (Wildman–Crippen LogP) is 7.27. The average molecular weight is 358 g/mol. The van der Waals surface area contributed by atoms with Gasteiger partial charge in [0.2, 0.25) is 5.91 Å². The van der Waals surface area contributed by atoms with Gasteiger partial charge in [0.15, 0.2) is 0 Å². The van der Waals surface area contributed by atoms with Gasteiger partial charge in [0.1, 0.15) is 0 Å². The molecule has 0 radical (unpaired) electrons. The molecule has 1 fully saturated rings. The third kappa shape index (κ3) is 8.33. The molecular weight excluding hydrogens is 318 g/mol. The van der Waals surface area contributed by atoms with Gasteiger partial charge >= 0.3 is 0 Å². The van der Waals surface area contributed by atoms with E-state index in [1.54, 1.807) is 0 Å². The van der Waals surface area contributed by atoms with Gasteiger partial charge in [-0.25, -0.2) is 0 Å². The standard InChI is InChI=1S/C16H15NO.4C2H6/c18-16-11-15(14-9-5-2-6-10-14)17(16)12-13-7-3-1-4-8-13;4*1-2/h1-10,15H,11-12H2;4*1-2H3. The first-order chi connectivity index (χ1) is 12.8. The van der Waals surface area contributed by atoms with Crippen LogP contribution in [0.25, 0.3) is 0 Å². The van der Waals surface area contributed by atoms with Gasteiger partial charge in [0, 0.05) is 6.54 Å². The molecule has 0 N–H and O–H groups in total. The van der Waals surface area contributed by atoms with Gasteiger partial charge < -0.3 is 4.90 Å². The Kier molecular flexibility index (Phi) is 17.8. The van der Waals surface area contributed by atoms with Crippen molar-refractivity contribution in [1.82, 2.24) is 4.90 Å². The second-order valence-electron chi connectivity index (χ2n) is 4.64. The number of hydrogen-bond donors (Lipinski definition) is 0. The van der Waals surface area contributed by atoms with Crippen molar-refractivity contribution < 1.29 is 4.79 Å². The van der Waals surface area contributed by atoms with Crippen LogP contribution in [0.15, 0.2) is 60.7 Å².